The van der Waals surface area contributed by atoms with Crippen molar-refractivity contribution in [1.82, 2.24) is 20.4 Å². The SMILES string of the molecule is CSCC[C@H](NC(=O)[C@H]1N2C(=O)c3ccccc3[C@@H]2SC1(C)C)C(=O)NCCCN1CCOCC1. The molecule has 192 valence electrons. The minimum Gasteiger partial charge on any atom is -0.379 e. The lowest BCUT2D eigenvalue weighted by Crippen LogP contribution is -2.57. The van der Waals surface area contributed by atoms with Gasteiger partial charge in [-0.1, -0.05) is 18.2 Å². The number of amides is 3. The van der Waals surface area contributed by atoms with Crippen molar-refractivity contribution in [2.24, 2.45) is 0 Å². The van der Waals surface area contributed by atoms with E-state index in [9.17, 15) is 14.4 Å². The molecular formula is C25H36N4O4S2. The maximum atomic E-state index is 13.6. The summed E-state index contributed by atoms with van der Waals surface area (Å²) in [5, 5.41) is 5.83. The first kappa shape index (κ1) is 26.3. The fraction of sp³-hybridized carbons (Fsp3) is 0.640. The van der Waals surface area contributed by atoms with Crippen LogP contribution in [0.15, 0.2) is 24.3 Å². The predicted molar refractivity (Wildman–Crippen MR) is 141 cm³/mol. The number of nitrogens with one attached hydrogen (secondary N) is 2. The highest BCUT2D eigenvalue weighted by Crippen LogP contribution is 2.56. The number of rotatable bonds is 10. The Kier molecular flexibility index (Phi) is 8.67. The molecule has 3 heterocycles. The van der Waals surface area contributed by atoms with Gasteiger partial charge >= 0.3 is 0 Å². The molecule has 3 aliphatic heterocycles. The largest absolute Gasteiger partial charge is 0.379 e. The van der Waals surface area contributed by atoms with E-state index in [1.54, 1.807) is 28.4 Å². The Labute approximate surface area is 216 Å². The molecule has 0 saturated carbocycles. The standard InChI is InChI=1S/C25H36N4O4S2/c1-25(2)20(29-23(32)17-7-4-5-8-18(17)24(29)35-25)22(31)27-19(9-16-34-3)21(30)26-10-6-11-28-12-14-33-15-13-28/h4-5,7-8,19-20,24H,6,9-16H2,1-3H3,(H,26,30)(H,27,31)/t19-,20+,24-/m0/s1. The van der Waals surface area contributed by atoms with Crippen molar-refractivity contribution in [2.75, 3.05) is 51.4 Å². The zero-order valence-electron chi connectivity index (χ0n) is 20.7. The Morgan fingerprint density at radius 3 is 2.74 bits per heavy atom. The molecule has 2 saturated heterocycles. The van der Waals surface area contributed by atoms with Gasteiger partial charge in [0.05, 0.1) is 13.2 Å². The van der Waals surface area contributed by atoms with Gasteiger partial charge in [-0.25, -0.2) is 0 Å². The molecule has 0 aromatic heterocycles. The van der Waals surface area contributed by atoms with E-state index in [-0.39, 0.29) is 23.1 Å². The Bertz CT molecular complexity index is 938. The Morgan fingerprint density at radius 2 is 2.00 bits per heavy atom. The van der Waals surface area contributed by atoms with Crippen LogP contribution >= 0.6 is 23.5 Å². The van der Waals surface area contributed by atoms with Crippen molar-refractivity contribution in [1.29, 1.82) is 0 Å². The summed E-state index contributed by atoms with van der Waals surface area (Å²) in [6.45, 7) is 8.85. The molecule has 35 heavy (non-hydrogen) atoms. The number of carbonyl (C=O) groups is 3. The van der Waals surface area contributed by atoms with Crippen molar-refractivity contribution in [3.8, 4) is 0 Å². The maximum Gasteiger partial charge on any atom is 0.256 e. The molecule has 1 aromatic rings. The van der Waals surface area contributed by atoms with E-state index >= 15 is 0 Å². The summed E-state index contributed by atoms with van der Waals surface area (Å²) in [5.41, 5.74) is 1.62. The van der Waals surface area contributed by atoms with Gasteiger partial charge in [-0.3, -0.25) is 19.3 Å². The van der Waals surface area contributed by atoms with Gasteiger partial charge in [0.2, 0.25) is 11.8 Å². The molecule has 2 fully saturated rings. The molecule has 0 unspecified atom stereocenters. The van der Waals surface area contributed by atoms with Gasteiger partial charge in [-0.15, -0.1) is 11.8 Å². The van der Waals surface area contributed by atoms with Crippen molar-refractivity contribution in [3.63, 3.8) is 0 Å². The molecular weight excluding hydrogens is 484 g/mol. The van der Waals surface area contributed by atoms with Gasteiger partial charge < -0.3 is 20.3 Å². The van der Waals surface area contributed by atoms with Crippen molar-refractivity contribution >= 4 is 41.2 Å². The molecule has 0 spiro atoms. The first-order valence-electron chi connectivity index (χ1n) is 12.3. The minimum absolute atomic E-state index is 0.114. The number of benzene rings is 1. The number of hydrogen-bond acceptors (Lipinski definition) is 7. The first-order chi connectivity index (χ1) is 16.8. The smallest absolute Gasteiger partial charge is 0.256 e. The highest BCUT2D eigenvalue weighted by molar-refractivity contribution is 8.01. The number of nitrogens with zero attached hydrogens (tertiary/aromatic N) is 2. The lowest BCUT2D eigenvalue weighted by atomic mass is 10.00. The molecule has 3 aliphatic rings. The van der Waals surface area contributed by atoms with Gasteiger partial charge in [0.25, 0.3) is 5.91 Å². The normalized spacial score (nSPS) is 24.1. The zero-order chi connectivity index (χ0) is 25.0. The first-order valence-corrected chi connectivity index (χ1v) is 14.6. The van der Waals surface area contributed by atoms with Crippen LogP contribution in [-0.4, -0.2) is 95.8 Å². The molecule has 4 rings (SSSR count). The van der Waals surface area contributed by atoms with E-state index < -0.39 is 16.8 Å². The maximum absolute atomic E-state index is 13.6. The average Bonchev–Trinajstić information content (AvgIpc) is 3.28. The predicted octanol–water partition coefficient (Wildman–Crippen LogP) is 2.11. The number of fused-ring (bicyclic) bond motifs is 3. The van der Waals surface area contributed by atoms with Crippen LogP contribution in [0.1, 0.15) is 48.0 Å². The lowest BCUT2D eigenvalue weighted by molar-refractivity contribution is -0.131. The number of ether oxygens (including phenoxy) is 1. The summed E-state index contributed by atoms with van der Waals surface area (Å²) in [6, 6.07) is 6.29. The van der Waals surface area contributed by atoms with Crippen LogP contribution in [-0.2, 0) is 14.3 Å². The topological polar surface area (TPSA) is 91.0 Å². The quantitative estimate of drug-likeness (QED) is 0.457. The molecule has 0 bridgehead atoms. The van der Waals surface area contributed by atoms with E-state index in [1.807, 2.05) is 44.4 Å². The summed E-state index contributed by atoms with van der Waals surface area (Å²) in [7, 11) is 0. The molecule has 0 aliphatic carbocycles. The van der Waals surface area contributed by atoms with Crippen LogP contribution < -0.4 is 10.6 Å². The van der Waals surface area contributed by atoms with Crippen LogP contribution in [0.25, 0.3) is 0 Å². The molecule has 0 radical (unpaired) electrons. The second-order valence-corrected chi connectivity index (χ2v) is 12.4. The zero-order valence-corrected chi connectivity index (χ0v) is 22.4. The van der Waals surface area contributed by atoms with Crippen molar-refractivity contribution in [3.05, 3.63) is 35.4 Å². The third-order valence-electron chi connectivity index (χ3n) is 6.84. The van der Waals surface area contributed by atoms with Crippen LogP contribution in [0, 0.1) is 0 Å². The fourth-order valence-corrected chi connectivity index (χ4v) is 7.08. The van der Waals surface area contributed by atoms with Gasteiger partial charge in [0.1, 0.15) is 17.5 Å². The van der Waals surface area contributed by atoms with Crippen LogP contribution in [0.5, 0.6) is 0 Å². The van der Waals surface area contributed by atoms with Crippen molar-refractivity contribution in [2.45, 2.75) is 48.9 Å². The summed E-state index contributed by atoms with van der Waals surface area (Å²) in [6.07, 6.45) is 3.38. The van der Waals surface area contributed by atoms with Crippen LogP contribution in [0.4, 0.5) is 0 Å². The number of morpholine rings is 1. The molecule has 2 N–H and O–H groups in total. The lowest BCUT2D eigenvalue weighted by Gasteiger charge is -2.31. The monoisotopic (exact) mass is 520 g/mol. The average molecular weight is 521 g/mol. The molecule has 8 nitrogen and oxygen atoms in total. The Morgan fingerprint density at radius 1 is 1.26 bits per heavy atom. The van der Waals surface area contributed by atoms with Crippen LogP contribution in [0.2, 0.25) is 0 Å². The minimum atomic E-state index is -0.650. The van der Waals surface area contributed by atoms with E-state index in [2.05, 4.69) is 15.5 Å². The van der Waals surface area contributed by atoms with Gasteiger partial charge in [0, 0.05) is 29.9 Å². The fourth-order valence-electron chi connectivity index (χ4n) is 5.02. The third-order valence-corrected chi connectivity index (χ3v) is 9.02. The molecule has 3 amide bonds. The highest BCUT2D eigenvalue weighted by atomic mass is 32.2. The number of thioether (sulfide) groups is 2. The number of hydrogen-bond donors (Lipinski definition) is 2. The second-order valence-electron chi connectivity index (χ2n) is 9.72. The third kappa shape index (κ3) is 5.81. The van der Waals surface area contributed by atoms with E-state index in [1.165, 1.54) is 0 Å². The van der Waals surface area contributed by atoms with Gasteiger partial charge in [0.15, 0.2) is 0 Å². The number of carbonyl (C=O) groups excluding carboxylic acids is 3. The Hall–Kier alpha value is -1.75. The molecule has 3 atom stereocenters. The Balaban J connectivity index is 1.38. The molecule has 1 aromatic carbocycles. The molecule has 10 heteroatoms. The van der Waals surface area contributed by atoms with E-state index in [0.29, 0.717) is 18.5 Å². The van der Waals surface area contributed by atoms with Gasteiger partial charge in [-0.2, -0.15) is 11.8 Å². The van der Waals surface area contributed by atoms with Crippen molar-refractivity contribution < 1.29 is 19.1 Å². The second kappa shape index (κ2) is 11.5. The van der Waals surface area contributed by atoms with Crippen LogP contribution in [0.3, 0.4) is 0 Å². The van der Waals surface area contributed by atoms with Gasteiger partial charge in [-0.05, 0) is 56.9 Å². The summed E-state index contributed by atoms with van der Waals surface area (Å²) in [5.74, 6) is 0.217. The summed E-state index contributed by atoms with van der Waals surface area (Å²) in [4.78, 5) is 43.9. The van der Waals surface area contributed by atoms with E-state index in [0.717, 1.165) is 50.6 Å². The summed E-state index contributed by atoms with van der Waals surface area (Å²) >= 11 is 3.27. The van der Waals surface area contributed by atoms with E-state index in [4.69, 9.17) is 4.74 Å². The highest BCUT2D eigenvalue weighted by Gasteiger charge is 2.57. The summed E-state index contributed by atoms with van der Waals surface area (Å²) < 4.78 is 4.90.